The molecular weight excluding hydrogens is 534 g/mol. The quantitative estimate of drug-likeness (QED) is 0.182. The first-order valence-electron chi connectivity index (χ1n) is 15.2. The molecule has 44 heavy (non-hydrogen) atoms. The lowest BCUT2D eigenvalue weighted by Gasteiger charge is -2.23. The third-order valence-electron chi connectivity index (χ3n) is 8.70. The molecule has 0 aliphatic heterocycles. The third kappa shape index (κ3) is 5.33. The first kappa shape index (κ1) is 27.5. The van der Waals surface area contributed by atoms with Gasteiger partial charge in [0.15, 0.2) is 0 Å². The molecule has 0 aromatic heterocycles. The van der Waals surface area contributed by atoms with E-state index in [9.17, 15) is 0 Å². The minimum Gasteiger partial charge on any atom is -0.354 e. The Labute approximate surface area is 260 Å². The van der Waals surface area contributed by atoms with E-state index >= 15 is 0 Å². The number of fused-ring (bicyclic) bond motifs is 3. The molecule has 0 unspecified atom stereocenters. The number of nitrogens with one attached hydrogen (secondary N) is 1. The molecule has 0 saturated carbocycles. The second kappa shape index (κ2) is 11.8. The molecule has 6 aromatic rings. The van der Waals surface area contributed by atoms with Crippen LogP contribution < -0.4 is 5.32 Å². The molecule has 0 spiro atoms. The van der Waals surface area contributed by atoms with Gasteiger partial charge in [0, 0.05) is 22.2 Å². The van der Waals surface area contributed by atoms with E-state index in [0.29, 0.717) is 13.1 Å². The topological polar surface area (TPSA) is 36.8 Å². The van der Waals surface area contributed by atoms with E-state index in [1.807, 2.05) is 6.07 Å². The maximum absolute atomic E-state index is 4.53. The van der Waals surface area contributed by atoms with Gasteiger partial charge in [-0.25, -0.2) is 0 Å². The van der Waals surface area contributed by atoms with Gasteiger partial charge in [0.1, 0.15) is 0 Å². The molecule has 0 atom stereocenters. The highest BCUT2D eigenvalue weighted by Gasteiger charge is 2.37. The lowest BCUT2D eigenvalue weighted by Crippen LogP contribution is -2.15. The molecule has 7 rings (SSSR count). The Morgan fingerprint density at radius 1 is 0.500 bits per heavy atom. The van der Waals surface area contributed by atoms with Crippen molar-refractivity contribution >= 4 is 11.4 Å². The Balaban J connectivity index is 1.13. The first-order chi connectivity index (χ1) is 21.6. The Morgan fingerprint density at radius 3 is 1.89 bits per heavy atom. The third-order valence-corrected chi connectivity index (χ3v) is 8.70. The fourth-order valence-electron chi connectivity index (χ4n) is 6.37. The smallest absolute Gasteiger partial charge is 0.0850 e. The minimum atomic E-state index is -0.0678. The number of azo groups is 1. The van der Waals surface area contributed by atoms with Gasteiger partial charge in [-0.05, 0) is 56.6 Å². The maximum atomic E-state index is 4.53. The molecule has 1 aliphatic rings. The molecule has 0 amide bonds. The van der Waals surface area contributed by atoms with Gasteiger partial charge in [0.2, 0.25) is 0 Å². The standard InChI is InChI=1S/C41H35N3/c1-41(2)37-19-10-9-18-36(37)39-38(41)25-24-35(33-15-7-4-8-16-33)40(39)44-34-17-11-12-30(26-34)28-43-42-27-29-20-22-32(23-21-29)31-13-5-3-6-14-31/h3-26,44H,27-28H2,1-2H3/b43-42-. The molecule has 214 valence electrons. The highest BCUT2D eigenvalue weighted by Crippen LogP contribution is 2.54. The molecule has 0 saturated heterocycles. The lowest BCUT2D eigenvalue weighted by molar-refractivity contribution is 0.660. The van der Waals surface area contributed by atoms with E-state index in [1.165, 1.54) is 44.5 Å². The maximum Gasteiger partial charge on any atom is 0.0850 e. The highest BCUT2D eigenvalue weighted by molar-refractivity contribution is 5.98. The van der Waals surface area contributed by atoms with E-state index in [0.717, 1.165) is 22.5 Å². The van der Waals surface area contributed by atoms with Crippen LogP contribution in [0, 0.1) is 0 Å². The summed E-state index contributed by atoms with van der Waals surface area (Å²) in [6.07, 6.45) is 0. The van der Waals surface area contributed by atoms with E-state index in [4.69, 9.17) is 0 Å². The van der Waals surface area contributed by atoms with E-state index in [2.05, 4.69) is 169 Å². The normalized spacial score (nSPS) is 13.0. The number of hydrogen-bond acceptors (Lipinski definition) is 3. The molecule has 3 heteroatoms. The number of hydrogen-bond donors (Lipinski definition) is 1. The Hall–Kier alpha value is -5.28. The van der Waals surface area contributed by atoms with Gasteiger partial charge in [0.05, 0.1) is 18.8 Å². The van der Waals surface area contributed by atoms with E-state index in [1.54, 1.807) is 0 Å². The van der Waals surface area contributed by atoms with Crippen LogP contribution in [0.5, 0.6) is 0 Å². The summed E-state index contributed by atoms with van der Waals surface area (Å²) in [6, 6.07) is 51.6. The van der Waals surface area contributed by atoms with Crippen molar-refractivity contribution in [2.75, 3.05) is 5.32 Å². The van der Waals surface area contributed by atoms with E-state index < -0.39 is 0 Å². The Kier molecular flexibility index (Phi) is 7.37. The van der Waals surface area contributed by atoms with Crippen LogP contribution in [0.2, 0.25) is 0 Å². The molecule has 0 radical (unpaired) electrons. The second-order valence-electron chi connectivity index (χ2n) is 11.9. The molecular formula is C41H35N3. The molecule has 0 fully saturated rings. The van der Waals surface area contributed by atoms with Crippen molar-refractivity contribution in [3.8, 4) is 33.4 Å². The summed E-state index contributed by atoms with van der Waals surface area (Å²) in [6.45, 7) is 5.75. The molecule has 1 aliphatic carbocycles. The van der Waals surface area contributed by atoms with Crippen LogP contribution in [0.15, 0.2) is 156 Å². The largest absolute Gasteiger partial charge is 0.354 e. The van der Waals surface area contributed by atoms with Crippen LogP contribution >= 0.6 is 0 Å². The summed E-state index contributed by atoms with van der Waals surface area (Å²) >= 11 is 0. The van der Waals surface area contributed by atoms with Crippen molar-refractivity contribution in [3.05, 3.63) is 168 Å². The average molecular weight is 570 g/mol. The zero-order valence-corrected chi connectivity index (χ0v) is 25.2. The highest BCUT2D eigenvalue weighted by atomic mass is 15.1. The molecule has 0 bridgehead atoms. The fraction of sp³-hybridized carbons (Fsp3) is 0.122. The zero-order chi connectivity index (χ0) is 29.9. The predicted molar refractivity (Wildman–Crippen MR) is 183 cm³/mol. The summed E-state index contributed by atoms with van der Waals surface area (Å²) in [7, 11) is 0. The predicted octanol–water partition coefficient (Wildman–Crippen LogP) is 11.2. The van der Waals surface area contributed by atoms with Gasteiger partial charge in [-0.15, -0.1) is 0 Å². The van der Waals surface area contributed by atoms with Crippen molar-refractivity contribution in [1.82, 2.24) is 0 Å². The van der Waals surface area contributed by atoms with Crippen molar-refractivity contribution in [2.24, 2.45) is 10.2 Å². The summed E-state index contributed by atoms with van der Waals surface area (Å²) in [4.78, 5) is 0. The minimum absolute atomic E-state index is 0.0678. The fourth-order valence-corrected chi connectivity index (χ4v) is 6.37. The summed E-state index contributed by atoms with van der Waals surface area (Å²) in [5, 5.41) is 12.9. The van der Waals surface area contributed by atoms with Gasteiger partial charge in [-0.2, -0.15) is 10.2 Å². The summed E-state index contributed by atoms with van der Waals surface area (Å²) in [5.41, 5.74) is 14.5. The van der Waals surface area contributed by atoms with Crippen LogP contribution in [0.1, 0.15) is 36.1 Å². The molecule has 6 aromatic carbocycles. The van der Waals surface area contributed by atoms with Crippen LogP contribution in [0.3, 0.4) is 0 Å². The van der Waals surface area contributed by atoms with Crippen LogP contribution in [-0.4, -0.2) is 0 Å². The number of rotatable bonds is 8. The Morgan fingerprint density at radius 2 is 1.14 bits per heavy atom. The Bertz CT molecular complexity index is 1940. The van der Waals surface area contributed by atoms with Gasteiger partial charge in [0.25, 0.3) is 0 Å². The van der Waals surface area contributed by atoms with Crippen LogP contribution in [-0.2, 0) is 18.5 Å². The molecule has 3 nitrogen and oxygen atoms in total. The van der Waals surface area contributed by atoms with Crippen LogP contribution in [0.4, 0.5) is 11.4 Å². The summed E-state index contributed by atoms with van der Waals surface area (Å²) < 4.78 is 0. The van der Waals surface area contributed by atoms with Crippen molar-refractivity contribution in [2.45, 2.75) is 32.4 Å². The molecule has 0 heterocycles. The first-order valence-corrected chi connectivity index (χ1v) is 15.2. The summed E-state index contributed by atoms with van der Waals surface area (Å²) in [5.74, 6) is 0. The van der Waals surface area contributed by atoms with Crippen molar-refractivity contribution < 1.29 is 0 Å². The zero-order valence-electron chi connectivity index (χ0n) is 25.2. The monoisotopic (exact) mass is 569 g/mol. The van der Waals surface area contributed by atoms with Crippen molar-refractivity contribution in [1.29, 1.82) is 0 Å². The number of nitrogens with zero attached hydrogens (tertiary/aromatic N) is 2. The SMILES string of the molecule is CC1(C)c2ccccc2-c2c1ccc(-c1ccccc1)c2Nc1cccc(C/N=N\Cc2ccc(-c3ccccc3)cc2)c1. The van der Waals surface area contributed by atoms with Gasteiger partial charge in [-0.1, -0.05) is 147 Å². The van der Waals surface area contributed by atoms with Gasteiger partial charge >= 0.3 is 0 Å². The number of benzene rings is 6. The van der Waals surface area contributed by atoms with E-state index in [-0.39, 0.29) is 5.41 Å². The number of anilines is 2. The molecule has 1 N–H and O–H groups in total. The average Bonchev–Trinajstić information content (AvgIpc) is 3.31. The van der Waals surface area contributed by atoms with Gasteiger partial charge in [-0.3, -0.25) is 0 Å². The second-order valence-corrected chi connectivity index (χ2v) is 11.9. The van der Waals surface area contributed by atoms with Crippen molar-refractivity contribution in [3.63, 3.8) is 0 Å². The van der Waals surface area contributed by atoms with Gasteiger partial charge < -0.3 is 5.32 Å². The lowest BCUT2D eigenvalue weighted by atomic mass is 9.82. The van der Waals surface area contributed by atoms with Crippen LogP contribution in [0.25, 0.3) is 33.4 Å².